The molecule has 22 heavy (non-hydrogen) atoms. The standard InChI is InChI=1S/C21H22Si/c1-15-12-13-16(14-15)22(2,3)21-19-10-6-4-8-17(19)18-9-5-7-11-20(18)21/h4-14,16,21H,1-3H3. The van der Waals surface area contributed by atoms with Crippen molar-refractivity contribution in [3.05, 3.63) is 83.5 Å². The van der Waals surface area contributed by atoms with Gasteiger partial charge in [0.05, 0.1) is 8.07 Å². The van der Waals surface area contributed by atoms with Gasteiger partial charge in [0.2, 0.25) is 0 Å². The highest BCUT2D eigenvalue weighted by molar-refractivity contribution is 6.82. The van der Waals surface area contributed by atoms with Gasteiger partial charge in [-0.15, -0.1) is 0 Å². The minimum Gasteiger partial charge on any atom is -0.0800 e. The van der Waals surface area contributed by atoms with Gasteiger partial charge < -0.3 is 0 Å². The van der Waals surface area contributed by atoms with E-state index in [0.29, 0.717) is 11.1 Å². The third-order valence-electron chi connectivity index (χ3n) is 5.45. The van der Waals surface area contributed by atoms with E-state index in [1.165, 1.54) is 16.7 Å². The molecule has 0 bridgehead atoms. The van der Waals surface area contributed by atoms with Crippen LogP contribution in [0.3, 0.4) is 0 Å². The first-order valence-electron chi connectivity index (χ1n) is 8.14. The zero-order valence-electron chi connectivity index (χ0n) is 13.5. The van der Waals surface area contributed by atoms with Crippen LogP contribution in [-0.2, 0) is 0 Å². The summed E-state index contributed by atoms with van der Waals surface area (Å²) in [5.74, 6) is 0. The van der Waals surface area contributed by atoms with Crippen molar-refractivity contribution < 1.29 is 0 Å². The second kappa shape index (κ2) is 4.82. The summed E-state index contributed by atoms with van der Waals surface area (Å²) in [7, 11) is -1.54. The lowest BCUT2D eigenvalue weighted by Crippen LogP contribution is -2.38. The van der Waals surface area contributed by atoms with Gasteiger partial charge in [-0.25, -0.2) is 0 Å². The Hall–Kier alpha value is -1.86. The van der Waals surface area contributed by atoms with Crippen LogP contribution in [-0.4, -0.2) is 8.07 Å². The smallest absolute Gasteiger partial charge is 0.0715 e. The van der Waals surface area contributed by atoms with Crippen molar-refractivity contribution >= 4 is 8.07 Å². The van der Waals surface area contributed by atoms with Crippen LogP contribution in [0.2, 0.25) is 18.6 Å². The molecule has 0 spiro atoms. The van der Waals surface area contributed by atoms with Gasteiger partial charge in [0.15, 0.2) is 0 Å². The van der Waals surface area contributed by atoms with E-state index in [9.17, 15) is 0 Å². The van der Waals surface area contributed by atoms with Crippen molar-refractivity contribution in [3.63, 3.8) is 0 Å². The van der Waals surface area contributed by atoms with Crippen molar-refractivity contribution in [3.8, 4) is 11.1 Å². The van der Waals surface area contributed by atoms with E-state index >= 15 is 0 Å². The summed E-state index contributed by atoms with van der Waals surface area (Å²) in [5, 5.41) is 0. The Morgan fingerprint density at radius 3 is 1.86 bits per heavy atom. The molecule has 4 rings (SSSR count). The topological polar surface area (TPSA) is 0 Å². The largest absolute Gasteiger partial charge is 0.0800 e. The monoisotopic (exact) mass is 302 g/mol. The number of benzene rings is 2. The van der Waals surface area contributed by atoms with E-state index in [1.54, 1.807) is 11.1 Å². The Bertz CT molecular complexity index is 750. The van der Waals surface area contributed by atoms with Crippen molar-refractivity contribution in [1.29, 1.82) is 0 Å². The molecule has 110 valence electrons. The van der Waals surface area contributed by atoms with Gasteiger partial charge in [0.25, 0.3) is 0 Å². The molecule has 1 heteroatoms. The molecule has 2 aliphatic rings. The second-order valence-corrected chi connectivity index (χ2v) is 12.1. The number of fused-ring (bicyclic) bond motifs is 3. The molecule has 0 N–H and O–H groups in total. The highest BCUT2D eigenvalue weighted by atomic mass is 28.3. The third kappa shape index (κ3) is 1.89. The van der Waals surface area contributed by atoms with E-state index in [4.69, 9.17) is 0 Å². The first-order chi connectivity index (χ1) is 10.6. The summed E-state index contributed by atoms with van der Waals surface area (Å²) in [6.45, 7) is 7.33. The van der Waals surface area contributed by atoms with E-state index in [1.807, 2.05) is 0 Å². The molecule has 0 saturated carbocycles. The lowest BCUT2D eigenvalue weighted by atomic mass is 10.1. The average Bonchev–Trinajstić information content (AvgIpc) is 3.09. The SMILES string of the molecule is CC1=CC([Si](C)(C)C2c3ccccc3-c3ccccc32)C=C1. The van der Waals surface area contributed by atoms with Gasteiger partial charge in [-0.05, 0) is 34.7 Å². The summed E-state index contributed by atoms with van der Waals surface area (Å²) in [5.41, 5.74) is 8.65. The molecule has 2 aliphatic carbocycles. The van der Waals surface area contributed by atoms with Crippen molar-refractivity contribution in [2.45, 2.75) is 31.1 Å². The Morgan fingerprint density at radius 1 is 0.818 bits per heavy atom. The molecular weight excluding hydrogens is 280 g/mol. The number of rotatable bonds is 2. The predicted octanol–water partition coefficient (Wildman–Crippen LogP) is 5.93. The fourth-order valence-corrected chi connectivity index (χ4v) is 8.04. The van der Waals surface area contributed by atoms with E-state index in [2.05, 4.69) is 86.8 Å². The first-order valence-corrected chi connectivity index (χ1v) is 11.3. The van der Waals surface area contributed by atoms with E-state index in [-0.39, 0.29) is 0 Å². The van der Waals surface area contributed by atoms with Crippen LogP contribution >= 0.6 is 0 Å². The maximum Gasteiger partial charge on any atom is 0.0715 e. The van der Waals surface area contributed by atoms with Crippen molar-refractivity contribution in [2.24, 2.45) is 0 Å². The Kier molecular flexibility index (Phi) is 3.02. The Labute approximate surface area is 134 Å². The lowest BCUT2D eigenvalue weighted by molar-refractivity contribution is 1.06. The van der Waals surface area contributed by atoms with Gasteiger partial charge in [-0.2, -0.15) is 0 Å². The average molecular weight is 302 g/mol. The highest BCUT2D eigenvalue weighted by Gasteiger charge is 2.44. The minimum atomic E-state index is -1.54. The zero-order valence-corrected chi connectivity index (χ0v) is 14.5. The highest BCUT2D eigenvalue weighted by Crippen LogP contribution is 2.52. The third-order valence-corrected chi connectivity index (χ3v) is 9.63. The molecule has 0 fully saturated rings. The molecule has 0 saturated heterocycles. The molecule has 2 aromatic rings. The predicted molar refractivity (Wildman–Crippen MR) is 97.9 cm³/mol. The molecule has 0 aromatic heterocycles. The minimum absolute atomic E-state index is 0.594. The molecule has 0 nitrogen and oxygen atoms in total. The van der Waals surface area contributed by atoms with Crippen LogP contribution < -0.4 is 0 Å². The van der Waals surface area contributed by atoms with Crippen LogP contribution in [0.5, 0.6) is 0 Å². The molecular formula is C21H22Si. The number of hydrogen-bond acceptors (Lipinski definition) is 0. The number of hydrogen-bond donors (Lipinski definition) is 0. The zero-order chi connectivity index (χ0) is 15.3. The summed E-state index contributed by atoms with van der Waals surface area (Å²) in [6, 6.07) is 18.0. The maximum atomic E-state index is 2.56. The Balaban J connectivity index is 1.90. The van der Waals surface area contributed by atoms with Crippen LogP contribution in [0.15, 0.2) is 72.3 Å². The lowest BCUT2D eigenvalue weighted by Gasteiger charge is -2.35. The molecule has 0 aliphatic heterocycles. The molecule has 1 atom stereocenters. The van der Waals surface area contributed by atoms with Gasteiger partial charge >= 0.3 is 0 Å². The molecule has 0 amide bonds. The van der Waals surface area contributed by atoms with Crippen molar-refractivity contribution in [1.82, 2.24) is 0 Å². The first kappa shape index (κ1) is 13.8. The molecule has 0 heterocycles. The number of allylic oxidation sites excluding steroid dienone is 4. The molecule has 1 unspecified atom stereocenters. The fraction of sp³-hybridized carbons (Fsp3) is 0.238. The van der Waals surface area contributed by atoms with Crippen LogP contribution in [0, 0.1) is 0 Å². The summed E-state index contributed by atoms with van der Waals surface area (Å²) < 4.78 is 0. The second-order valence-electron chi connectivity index (χ2n) is 7.22. The van der Waals surface area contributed by atoms with Crippen LogP contribution in [0.1, 0.15) is 23.6 Å². The summed E-state index contributed by atoms with van der Waals surface area (Å²) in [4.78, 5) is 0. The summed E-state index contributed by atoms with van der Waals surface area (Å²) >= 11 is 0. The Morgan fingerprint density at radius 2 is 1.36 bits per heavy atom. The molecule has 2 aromatic carbocycles. The molecule has 0 radical (unpaired) electrons. The quantitative estimate of drug-likeness (QED) is 0.603. The maximum absolute atomic E-state index is 2.56. The fourth-order valence-electron chi connectivity index (χ4n) is 4.26. The van der Waals surface area contributed by atoms with Crippen LogP contribution in [0.25, 0.3) is 11.1 Å². The van der Waals surface area contributed by atoms with Gasteiger partial charge in [0, 0.05) is 5.54 Å². The van der Waals surface area contributed by atoms with Gasteiger partial charge in [0.1, 0.15) is 0 Å². The van der Waals surface area contributed by atoms with E-state index < -0.39 is 8.07 Å². The van der Waals surface area contributed by atoms with Crippen LogP contribution in [0.4, 0.5) is 0 Å². The van der Waals surface area contributed by atoms with Gasteiger partial charge in [-0.3, -0.25) is 0 Å². The summed E-state index contributed by atoms with van der Waals surface area (Å²) in [6.07, 6.45) is 7.22. The normalized spacial score (nSPS) is 20.0. The van der Waals surface area contributed by atoms with Gasteiger partial charge in [-0.1, -0.05) is 85.4 Å². The van der Waals surface area contributed by atoms with Crippen molar-refractivity contribution in [2.75, 3.05) is 0 Å². The van der Waals surface area contributed by atoms with E-state index in [0.717, 1.165) is 0 Å².